The van der Waals surface area contributed by atoms with Gasteiger partial charge in [-0.25, -0.2) is 4.99 Å². The van der Waals surface area contributed by atoms with Crippen molar-refractivity contribution in [2.75, 3.05) is 19.6 Å². The van der Waals surface area contributed by atoms with Gasteiger partial charge in [-0.15, -0.1) is 0 Å². The lowest BCUT2D eigenvalue weighted by Gasteiger charge is -2.15. The summed E-state index contributed by atoms with van der Waals surface area (Å²) in [7, 11) is 0. The van der Waals surface area contributed by atoms with Crippen LogP contribution in [0.25, 0.3) is 0 Å². The molecule has 1 aromatic heterocycles. The van der Waals surface area contributed by atoms with Crippen LogP contribution in [0, 0.1) is 0 Å². The van der Waals surface area contributed by atoms with Crippen molar-refractivity contribution in [1.29, 1.82) is 0 Å². The number of ether oxygens (including phenoxy) is 1. The molecule has 26 heavy (non-hydrogen) atoms. The van der Waals surface area contributed by atoms with Crippen molar-refractivity contribution in [3.05, 3.63) is 54.0 Å². The second-order valence-electron chi connectivity index (χ2n) is 5.98. The Morgan fingerprint density at radius 3 is 2.85 bits per heavy atom. The number of nitrogens with zero attached hydrogens (tertiary/aromatic N) is 1. The van der Waals surface area contributed by atoms with E-state index in [1.165, 1.54) is 5.56 Å². The Morgan fingerprint density at radius 2 is 2.08 bits per heavy atom. The number of hydrogen-bond acceptors (Lipinski definition) is 4. The lowest BCUT2D eigenvalue weighted by Crippen LogP contribution is -2.42. The number of nitrogens with one attached hydrogen (secondary N) is 3. The average molecular weight is 356 g/mol. The Labute approximate surface area is 152 Å². The van der Waals surface area contributed by atoms with Crippen molar-refractivity contribution in [3.63, 3.8) is 0 Å². The van der Waals surface area contributed by atoms with Crippen molar-refractivity contribution in [1.82, 2.24) is 16.0 Å². The number of guanidine groups is 1. The zero-order valence-electron chi connectivity index (χ0n) is 14.8. The van der Waals surface area contributed by atoms with E-state index in [-0.39, 0.29) is 18.6 Å². The Balaban J connectivity index is 1.44. The fourth-order valence-electron chi connectivity index (χ4n) is 2.73. The molecule has 1 aromatic carbocycles. The van der Waals surface area contributed by atoms with E-state index >= 15 is 0 Å². The quantitative estimate of drug-likeness (QED) is 0.516. The molecule has 0 aliphatic carbocycles. The second-order valence-corrected chi connectivity index (χ2v) is 5.98. The molecule has 0 spiro atoms. The van der Waals surface area contributed by atoms with Crippen LogP contribution in [0.5, 0.6) is 5.75 Å². The standard InChI is InChI=1S/C19H24N4O3/c1-2-20-19(23-13-18(24)21-11-15-7-5-9-25-15)22-12-16-10-14-6-3-4-8-17(14)26-16/h3-9,16H,2,10-13H2,1H3,(H,21,24)(H2,20,22,23). The van der Waals surface area contributed by atoms with Gasteiger partial charge in [-0.1, -0.05) is 18.2 Å². The first-order valence-corrected chi connectivity index (χ1v) is 8.80. The number of hydrogen-bond donors (Lipinski definition) is 3. The molecule has 0 bridgehead atoms. The van der Waals surface area contributed by atoms with Gasteiger partial charge in [0, 0.05) is 13.0 Å². The predicted molar refractivity (Wildman–Crippen MR) is 99.1 cm³/mol. The van der Waals surface area contributed by atoms with Gasteiger partial charge in [0.1, 0.15) is 24.2 Å². The first kappa shape index (κ1) is 17.8. The molecule has 3 N–H and O–H groups in total. The molecule has 2 heterocycles. The number of para-hydroxylation sites is 1. The van der Waals surface area contributed by atoms with E-state index in [2.05, 4.69) is 27.0 Å². The molecule has 2 aromatic rings. The molecule has 1 atom stereocenters. The van der Waals surface area contributed by atoms with Crippen LogP contribution >= 0.6 is 0 Å². The number of rotatable bonds is 7. The minimum Gasteiger partial charge on any atom is -0.488 e. The van der Waals surface area contributed by atoms with E-state index in [9.17, 15) is 4.79 Å². The van der Waals surface area contributed by atoms with Crippen LogP contribution in [0.3, 0.4) is 0 Å². The molecule has 7 heteroatoms. The molecular weight excluding hydrogens is 332 g/mol. The van der Waals surface area contributed by atoms with E-state index < -0.39 is 0 Å². The minimum atomic E-state index is -0.164. The number of benzene rings is 1. The largest absolute Gasteiger partial charge is 0.488 e. The van der Waals surface area contributed by atoms with Crippen LogP contribution in [0.4, 0.5) is 0 Å². The number of amides is 1. The summed E-state index contributed by atoms with van der Waals surface area (Å²) in [5, 5.41) is 9.15. The van der Waals surface area contributed by atoms with Crippen molar-refractivity contribution >= 4 is 11.9 Å². The van der Waals surface area contributed by atoms with Crippen LogP contribution in [-0.4, -0.2) is 37.6 Å². The molecule has 1 aliphatic rings. The van der Waals surface area contributed by atoms with Crippen LogP contribution in [0.15, 0.2) is 52.1 Å². The maximum absolute atomic E-state index is 11.9. The molecule has 3 rings (SSSR count). The molecule has 7 nitrogen and oxygen atoms in total. The lowest BCUT2D eigenvalue weighted by atomic mass is 10.1. The second kappa shape index (κ2) is 8.94. The Morgan fingerprint density at radius 1 is 1.19 bits per heavy atom. The third kappa shape index (κ3) is 5.02. The Hall–Kier alpha value is -2.96. The highest BCUT2D eigenvalue weighted by Crippen LogP contribution is 2.27. The topological polar surface area (TPSA) is 87.9 Å². The first-order chi connectivity index (χ1) is 12.7. The van der Waals surface area contributed by atoms with Gasteiger partial charge in [0.05, 0.1) is 19.4 Å². The zero-order chi connectivity index (χ0) is 18.2. The van der Waals surface area contributed by atoms with Crippen molar-refractivity contribution in [2.45, 2.75) is 26.0 Å². The van der Waals surface area contributed by atoms with Crippen molar-refractivity contribution < 1.29 is 13.9 Å². The summed E-state index contributed by atoms with van der Waals surface area (Å²) < 4.78 is 11.1. The van der Waals surface area contributed by atoms with Crippen LogP contribution in [0.2, 0.25) is 0 Å². The van der Waals surface area contributed by atoms with Gasteiger partial charge >= 0.3 is 0 Å². The average Bonchev–Trinajstić information content (AvgIpc) is 3.31. The summed E-state index contributed by atoms with van der Waals surface area (Å²) in [6.45, 7) is 3.72. The molecule has 0 fully saturated rings. The number of fused-ring (bicyclic) bond motifs is 1. The molecule has 0 saturated heterocycles. The lowest BCUT2D eigenvalue weighted by molar-refractivity contribution is -0.119. The maximum atomic E-state index is 11.9. The normalized spacial score (nSPS) is 15.9. The van der Waals surface area contributed by atoms with Gasteiger partial charge in [0.25, 0.3) is 0 Å². The molecule has 1 aliphatic heterocycles. The third-order valence-electron chi connectivity index (χ3n) is 3.98. The van der Waals surface area contributed by atoms with Crippen LogP contribution in [0.1, 0.15) is 18.2 Å². The van der Waals surface area contributed by atoms with E-state index in [4.69, 9.17) is 9.15 Å². The summed E-state index contributed by atoms with van der Waals surface area (Å²) in [6, 6.07) is 11.7. The van der Waals surface area contributed by atoms with Gasteiger partial charge < -0.3 is 25.1 Å². The molecule has 138 valence electrons. The van der Waals surface area contributed by atoms with E-state index in [0.717, 1.165) is 12.2 Å². The zero-order valence-corrected chi connectivity index (χ0v) is 14.8. The smallest absolute Gasteiger partial charge is 0.242 e. The van der Waals surface area contributed by atoms with Crippen LogP contribution in [-0.2, 0) is 17.8 Å². The molecule has 1 amide bonds. The number of carbonyl (C=O) groups is 1. The van der Waals surface area contributed by atoms with E-state index in [1.54, 1.807) is 12.3 Å². The highest BCUT2D eigenvalue weighted by atomic mass is 16.5. The minimum absolute atomic E-state index is 0.0434. The van der Waals surface area contributed by atoms with E-state index in [0.29, 0.717) is 31.4 Å². The van der Waals surface area contributed by atoms with Gasteiger partial charge in [-0.05, 0) is 30.7 Å². The van der Waals surface area contributed by atoms with Crippen molar-refractivity contribution in [3.8, 4) is 5.75 Å². The number of furan rings is 1. The van der Waals surface area contributed by atoms with Gasteiger partial charge in [-0.2, -0.15) is 0 Å². The van der Waals surface area contributed by atoms with Gasteiger partial charge in [0.15, 0.2) is 5.96 Å². The fourth-order valence-corrected chi connectivity index (χ4v) is 2.73. The molecule has 0 radical (unpaired) electrons. The third-order valence-corrected chi connectivity index (χ3v) is 3.98. The van der Waals surface area contributed by atoms with Crippen molar-refractivity contribution in [2.24, 2.45) is 4.99 Å². The maximum Gasteiger partial charge on any atom is 0.242 e. The first-order valence-electron chi connectivity index (χ1n) is 8.80. The predicted octanol–water partition coefficient (Wildman–Crippen LogP) is 1.45. The summed E-state index contributed by atoms with van der Waals surface area (Å²) in [4.78, 5) is 16.2. The Bertz CT molecular complexity index is 718. The molecular formula is C19H24N4O3. The fraction of sp³-hybridized carbons (Fsp3) is 0.368. The monoisotopic (exact) mass is 356 g/mol. The SMILES string of the molecule is CCNC(=NCC(=O)NCc1ccco1)NCC1Cc2ccccc2O1. The molecule has 0 saturated carbocycles. The van der Waals surface area contributed by atoms with E-state index in [1.807, 2.05) is 31.2 Å². The Kier molecular flexibility index (Phi) is 6.14. The number of aliphatic imine (C=N–C) groups is 1. The molecule has 1 unspecified atom stereocenters. The highest BCUT2D eigenvalue weighted by Gasteiger charge is 2.22. The summed E-state index contributed by atoms with van der Waals surface area (Å²) in [5.41, 5.74) is 1.22. The van der Waals surface area contributed by atoms with Gasteiger partial charge in [-0.3, -0.25) is 4.79 Å². The van der Waals surface area contributed by atoms with Crippen LogP contribution < -0.4 is 20.7 Å². The summed E-state index contributed by atoms with van der Waals surface area (Å²) in [5.74, 6) is 2.09. The summed E-state index contributed by atoms with van der Waals surface area (Å²) >= 11 is 0. The summed E-state index contributed by atoms with van der Waals surface area (Å²) in [6.07, 6.45) is 2.51. The van der Waals surface area contributed by atoms with Gasteiger partial charge in [0.2, 0.25) is 5.91 Å². The number of carbonyl (C=O) groups excluding carboxylic acids is 1. The highest BCUT2D eigenvalue weighted by molar-refractivity contribution is 5.84.